The molecule has 130 valence electrons. The van der Waals surface area contributed by atoms with Gasteiger partial charge in [-0.1, -0.05) is 26.8 Å². The molecule has 1 amide bonds. The molecule has 2 atom stereocenters. The Bertz CT molecular complexity index is 669. The van der Waals surface area contributed by atoms with Gasteiger partial charge in [0, 0.05) is 12.6 Å². The quantitative estimate of drug-likeness (QED) is 0.865. The highest BCUT2D eigenvalue weighted by Gasteiger charge is 2.50. The first-order valence-corrected chi connectivity index (χ1v) is 8.43. The molecule has 2 aliphatic rings. The lowest BCUT2D eigenvalue weighted by molar-refractivity contribution is -0.135. The molecule has 1 aromatic rings. The van der Waals surface area contributed by atoms with Crippen LogP contribution in [0.2, 0.25) is 0 Å². The molecule has 1 heterocycles. The molecular weight excluding hydrogens is 306 g/mol. The smallest absolute Gasteiger partial charge is 0.338 e. The Morgan fingerprint density at radius 3 is 2.75 bits per heavy atom. The lowest BCUT2D eigenvalue weighted by Gasteiger charge is -2.39. The van der Waals surface area contributed by atoms with Gasteiger partial charge in [0.05, 0.1) is 5.56 Å². The maximum absolute atomic E-state index is 12.5. The predicted octanol–water partition coefficient (Wildman–Crippen LogP) is 2.98. The third kappa shape index (κ3) is 3.40. The van der Waals surface area contributed by atoms with E-state index in [2.05, 4.69) is 20.8 Å². The van der Waals surface area contributed by atoms with Crippen LogP contribution < -0.4 is 0 Å². The molecule has 1 aliphatic heterocycles. The van der Waals surface area contributed by atoms with Crippen LogP contribution in [0.15, 0.2) is 24.3 Å². The molecule has 0 unspecified atom stereocenters. The van der Waals surface area contributed by atoms with Crippen molar-refractivity contribution in [3.05, 3.63) is 29.8 Å². The Labute approximate surface area is 142 Å². The van der Waals surface area contributed by atoms with Crippen molar-refractivity contribution in [2.24, 2.45) is 10.8 Å². The van der Waals surface area contributed by atoms with Crippen LogP contribution in [0.25, 0.3) is 0 Å². The van der Waals surface area contributed by atoms with Crippen molar-refractivity contribution < 1.29 is 19.4 Å². The third-order valence-electron chi connectivity index (χ3n) is 5.14. The standard InChI is InChI=1S/C19H25NO4/c1-18(2)8-14-9-19(3,11-18)12-20(14)16(22)10-24-17(23)13-5-4-6-15(21)7-13/h4-7,14,21H,8-12H2,1-3H3/t14-,19-/m1/s1. The minimum atomic E-state index is -0.590. The number of amides is 1. The fourth-order valence-corrected chi connectivity index (χ4v) is 4.68. The van der Waals surface area contributed by atoms with Crippen molar-refractivity contribution in [2.45, 2.75) is 46.1 Å². The second-order valence-corrected chi connectivity index (χ2v) is 8.36. The number of phenolic OH excluding ortho intramolecular Hbond substituents is 1. The lowest BCUT2D eigenvalue weighted by Crippen LogP contribution is -2.39. The molecule has 2 fully saturated rings. The van der Waals surface area contributed by atoms with Crippen LogP contribution in [0.4, 0.5) is 0 Å². The summed E-state index contributed by atoms with van der Waals surface area (Å²) in [7, 11) is 0. The SMILES string of the molecule is CC1(C)C[C@@H]2C[C@@](C)(CN2C(=O)COC(=O)c2cccc(O)c2)C1. The summed E-state index contributed by atoms with van der Waals surface area (Å²) in [5.74, 6) is -0.720. The first-order chi connectivity index (χ1) is 11.2. The topological polar surface area (TPSA) is 66.8 Å². The summed E-state index contributed by atoms with van der Waals surface area (Å²) in [6.07, 6.45) is 3.14. The molecule has 3 rings (SSSR count). The van der Waals surface area contributed by atoms with Crippen molar-refractivity contribution in [1.29, 1.82) is 0 Å². The zero-order chi connectivity index (χ0) is 17.5. The molecule has 0 aromatic heterocycles. The zero-order valence-electron chi connectivity index (χ0n) is 14.5. The largest absolute Gasteiger partial charge is 0.508 e. The second-order valence-electron chi connectivity index (χ2n) is 8.36. The van der Waals surface area contributed by atoms with E-state index in [9.17, 15) is 14.7 Å². The summed E-state index contributed by atoms with van der Waals surface area (Å²) in [6.45, 7) is 7.25. The van der Waals surface area contributed by atoms with Gasteiger partial charge in [-0.25, -0.2) is 4.79 Å². The zero-order valence-corrected chi connectivity index (χ0v) is 14.5. The molecule has 2 bridgehead atoms. The van der Waals surface area contributed by atoms with Gasteiger partial charge in [-0.2, -0.15) is 0 Å². The molecule has 1 N–H and O–H groups in total. The second kappa shape index (κ2) is 5.80. The number of likely N-dealkylation sites (tertiary alicyclic amines) is 1. The van der Waals surface area contributed by atoms with Gasteiger partial charge in [-0.3, -0.25) is 4.79 Å². The van der Waals surface area contributed by atoms with Gasteiger partial charge in [0.15, 0.2) is 6.61 Å². The highest BCUT2D eigenvalue weighted by Crippen LogP contribution is 2.52. The van der Waals surface area contributed by atoms with Crippen LogP contribution in [-0.2, 0) is 9.53 Å². The number of phenols is 1. The number of aromatic hydroxyl groups is 1. The highest BCUT2D eigenvalue weighted by molar-refractivity contribution is 5.91. The highest BCUT2D eigenvalue weighted by atomic mass is 16.5. The van der Waals surface area contributed by atoms with E-state index >= 15 is 0 Å². The van der Waals surface area contributed by atoms with E-state index in [1.54, 1.807) is 12.1 Å². The van der Waals surface area contributed by atoms with Crippen molar-refractivity contribution in [3.8, 4) is 5.75 Å². The van der Waals surface area contributed by atoms with Crippen LogP contribution in [0.1, 0.15) is 50.4 Å². The number of carbonyl (C=O) groups is 2. The van der Waals surface area contributed by atoms with Gasteiger partial charge in [0.2, 0.25) is 0 Å². The van der Waals surface area contributed by atoms with Crippen LogP contribution in [0.5, 0.6) is 5.75 Å². The van der Waals surface area contributed by atoms with Crippen molar-refractivity contribution in [2.75, 3.05) is 13.2 Å². The number of fused-ring (bicyclic) bond motifs is 2. The lowest BCUT2D eigenvalue weighted by atomic mass is 9.65. The normalized spacial score (nSPS) is 27.8. The number of ether oxygens (including phenoxy) is 1. The molecule has 1 aliphatic carbocycles. The maximum atomic E-state index is 12.5. The Morgan fingerprint density at radius 2 is 2.04 bits per heavy atom. The summed E-state index contributed by atoms with van der Waals surface area (Å²) >= 11 is 0. The summed E-state index contributed by atoms with van der Waals surface area (Å²) < 4.78 is 5.15. The summed E-state index contributed by atoms with van der Waals surface area (Å²) in [5, 5.41) is 9.41. The van der Waals surface area contributed by atoms with Gasteiger partial charge >= 0.3 is 5.97 Å². The van der Waals surface area contributed by atoms with Crippen molar-refractivity contribution >= 4 is 11.9 Å². The third-order valence-corrected chi connectivity index (χ3v) is 5.14. The van der Waals surface area contributed by atoms with Crippen LogP contribution in [0, 0.1) is 10.8 Å². The van der Waals surface area contributed by atoms with E-state index in [0.717, 1.165) is 25.8 Å². The van der Waals surface area contributed by atoms with Crippen LogP contribution in [0.3, 0.4) is 0 Å². The van der Waals surface area contributed by atoms with Gasteiger partial charge in [-0.05, 0) is 48.3 Å². The maximum Gasteiger partial charge on any atom is 0.338 e. The Hall–Kier alpha value is -2.04. The number of rotatable bonds is 3. The monoisotopic (exact) mass is 331 g/mol. The minimum Gasteiger partial charge on any atom is -0.508 e. The van der Waals surface area contributed by atoms with Gasteiger partial charge in [0.25, 0.3) is 5.91 Å². The van der Waals surface area contributed by atoms with Gasteiger partial charge < -0.3 is 14.7 Å². The number of nitrogens with zero attached hydrogens (tertiary/aromatic N) is 1. The molecule has 0 spiro atoms. The fraction of sp³-hybridized carbons (Fsp3) is 0.579. The Morgan fingerprint density at radius 1 is 1.29 bits per heavy atom. The minimum absolute atomic E-state index is 0.000673. The van der Waals surface area contributed by atoms with Gasteiger partial charge in [0.1, 0.15) is 5.75 Å². The van der Waals surface area contributed by atoms with Crippen molar-refractivity contribution in [3.63, 3.8) is 0 Å². The number of benzene rings is 1. The van der Waals surface area contributed by atoms with E-state index < -0.39 is 5.97 Å². The number of carbonyl (C=O) groups excluding carboxylic acids is 2. The Balaban J connectivity index is 1.61. The predicted molar refractivity (Wildman–Crippen MR) is 89.6 cm³/mol. The summed E-state index contributed by atoms with van der Waals surface area (Å²) in [6, 6.07) is 6.18. The fourth-order valence-electron chi connectivity index (χ4n) is 4.68. The molecule has 24 heavy (non-hydrogen) atoms. The number of hydrogen-bond donors (Lipinski definition) is 1. The van der Waals surface area contributed by atoms with E-state index in [-0.39, 0.29) is 40.7 Å². The molecule has 5 nitrogen and oxygen atoms in total. The molecular formula is C19H25NO4. The van der Waals surface area contributed by atoms with E-state index in [0.29, 0.717) is 0 Å². The van der Waals surface area contributed by atoms with Crippen LogP contribution >= 0.6 is 0 Å². The Kier molecular flexibility index (Phi) is 4.06. The summed E-state index contributed by atoms with van der Waals surface area (Å²) in [4.78, 5) is 26.4. The van der Waals surface area contributed by atoms with E-state index in [1.165, 1.54) is 12.1 Å². The van der Waals surface area contributed by atoms with Crippen molar-refractivity contribution in [1.82, 2.24) is 4.90 Å². The van der Waals surface area contributed by atoms with Gasteiger partial charge in [-0.15, -0.1) is 0 Å². The number of hydrogen-bond acceptors (Lipinski definition) is 4. The van der Waals surface area contributed by atoms with E-state index in [1.807, 2.05) is 4.90 Å². The molecule has 1 saturated carbocycles. The number of esters is 1. The average Bonchev–Trinajstić information content (AvgIpc) is 2.73. The first kappa shape index (κ1) is 16.8. The molecule has 1 aromatic carbocycles. The average molecular weight is 331 g/mol. The van der Waals surface area contributed by atoms with Crippen LogP contribution in [-0.4, -0.2) is 41.1 Å². The molecule has 1 saturated heterocycles. The summed E-state index contributed by atoms with van der Waals surface area (Å²) in [5.41, 5.74) is 0.651. The molecule has 5 heteroatoms. The first-order valence-electron chi connectivity index (χ1n) is 8.43. The van der Waals surface area contributed by atoms with E-state index in [4.69, 9.17) is 4.74 Å². The molecule has 0 radical (unpaired) electrons.